The van der Waals surface area contributed by atoms with Crippen molar-refractivity contribution in [1.82, 2.24) is 29.1 Å². The number of fused-ring (bicyclic) bond motifs is 1. The number of aromatic amines is 2. The second kappa shape index (κ2) is 10.6. The maximum atomic E-state index is 12.7. The molecule has 5 rings (SSSR count). The molecule has 40 heavy (non-hydrogen) atoms. The SMILES string of the molecule is Nc1nc2c(ncn2[C@@H]2O[C@H](CO)[C@H](OP(=O)(O)OC[C@@H]3O[C@H](n4ccc(=O)[nH]c4=O)[C@H](O)[C@@H]3O)[C@H]2O)c(=O)[nH]1. The number of nitrogens with one attached hydrogen (secondary N) is 2. The van der Waals surface area contributed by atoms with Crippen LogP contribution in [0.3, 0.4) is 0 Å². The summed E-state index contributed by atoms with van der Waals surface area (Å²) in [6.45, 7) is -1.59. The Morgan fingerprint density at radius 3 is 2.45 bits per heavy atom. The number of rotatable bonds is 8. The van der Waals surface area contributed by atoms with Gasteiger partial charge in [-0.05, 0) is 0 Å². The van der Waals surface area contributed by atoms with Crippen LogP contribution >= 0.6 is 7.82 Å². The van der Waals surface area contributed by atoms with Gasteiger partial charge in [0.25, 0.3) is 11.1 Å². The van der Waals surface area contributed by atoms with E-state index in [1.165, 1.54) is 0 Å². The van der Waals surface area contributed by atoms with Crippen molar-refractivity contribution in [3.63, 3.8) is 0 Å². The van der Waals surface area contributed by atoms with Gasteiger partial charge in [0.15, 0.2) is 23.6 Å². The van der Waals surface area contributed by atoms with Crippen molar-refractivity contribution in [1.29, 1.82) is 0 Å². The van der Waals surface area contributed by atoms with Gasteiger partial charge in [-0.1, -0.05) is 0 Å². The molecular formula is C19H24N7O13P. The number of aliphatic hydroxyl groups excluding tert-OH is 4. The molecule has 0 bridgehead atoms. The summed E-state index contributed by atoms with van der Waals surface area (Å²) in [6, 6.07) is 0.985. The molecule has 0 radical (unpaired) electrons. The maximum absolute atomic E-state index is 12.7. The van der Waals surface area contributed by atoms with Gasteiger partial charge in [0.1, 0.15) is 36.6 Å². The molecule has 20 nitrogen and oxygen atoms in total. The average Bonchev–Trinajstić information content (AvgIpc) is 3.53. The molecule has 3 aromatic rings. The van der Waals surface area contributed by atoms with E-state index in [0.717, 1.165) is 27.7 Å². The Kier molecular flexibility index (Phi) is 7.48. The number of phosphoric ester groups is 1. The first kappa shape index (κ1) is 28.2. The molecule has 0 spiro atoms. The Labute approximate surface area is 220 Å². The number of ether oxygens (including phenoxy) is 2. The third-order valence-corrected chi connectivity index (χ3v) is 7.32. The quantitative estimate of drug-likeness (QED) is 0.115. The molecule has 9 atom stereocenters. The number of hydrogen-bond donors (Lipinski definition) is 8. The lowest BCUT2D eigenvalue weighted by molar-refractivity contribution is -0.0610. The van der Waals surface area contributed by atoms with Crippen molar-refractivity contribution in [3.05, 3.63) is 49.8 Å². The molecule has 0 amide bonds. The molecular weight excluding hydrogens is 565 g/mol. The van der Waals surface area contributed by atoms with Crippen molar-refractivity contribution in [3.8, 4) is 0 Å². The molecule has 0 saturated carbocycles. The third kappa shape index (κ3) is 5.12. The van der Waals surface area contributed by atoms with Gasteiger partial charge < -0.3 is 40.5 Å². The molecule has 21 heteroatoms. The second-order valence-electron chi connectivity index (χ2n) is 8.91. The lowest BCUT2D eigenvalue weighted by Gasteiger charge is -2.23. The summed E-state index contributed by atoms with van der Waals surface area (Å²) in [5.74, 6) is -0.249. The molecule has 0 aliphatic carbocycles. The minimum Gasteiger partial charge on any atom is -0.394 e. The highest BCUT2D eigenvalue weighted by Gasteiger charge is 2.50. The van der Waals surface area contributed by atoms with Gasteiger partial charge in [0, 0.05) is 12.3 Å². The Morgan fingerprint density at radius 1 is 1.05 bits per heavy atom. The summed E-state index contributed by atoms with van der Waals surface area (Å²) >= 11 is 0. The molecule has 5 heterocycles. The third-order valence-electron chi connectivity index (χ3n) is 6.33. The Bertz CT molecular complexity index is 1620. The Morgan fingerprint density at radius 2 is 1.75 bits per heavy atom. The summed E-state index contributed by atoms with van der Waals surface area (Å²) in [5.41, 5.74) is 3.06. The highest BCUT2D eigenvalue weighted by Crippen LogP contribution is 2.49. The van der Waals surface area contributed by atoms with E-state index in [-0.39, 0.29) is 17.1 Å². The fraction of sp³-hybridized carbons (Fsp3) is 0.526. The Hall–Kier alpha value is -3.30. The molecule has 3 aromatic heterocycles. The van der Waals surface area contributed by atoms with E-state index in [0.29, 0.717) is 0 Å². The van der Waals surface area contributed by atoms with Gasteiger partial charge in [-0.15, -0.1) is 0 Å². The average molecular weight is 589 g/mol. The van der Waals surface area contributed by atoms with E-state index in [2.05, 4.69) is 15.0 Å². The molecule has 2 aliphatic rings. The number of hydrogen-bond acceptors (Lipinski definition) is 15. The minimum atomic E-state index is -5.06. The maximum Gasteiger partial charge on any atom is 0.472 e. The molecule has 2 aliphatic heterocycles. The first-order valence-corrected chi connectivity index (χ1v) is 13.0. The van der Waals surface area contributed by atoms with Crippen molar-refractivity contribution in [2.45, 2.75) is 49.1 Å². The van der Waals surface area contributed by atoms with Gasteiger partial charge in [-0.3, -0.25) is 37.7 Å². The largest absolute Gasteiger partial charge is 0.472 e. The van der Waals surface area contributed by atoms with Crippen molar-refractivity contribution in [2.24, 2.45) is 0 Å². The monoisotopic (exact) mass is 589 g/mol. The highest BCUT2D eigenvalue weighted by molar-refractivity contribution is 7.47. The van der Waals surface area contributed by atoms with Crippen LogP contribution in [0.2, 0.25) is 0 Å². The lowest BCUT2D eigenvalue weighted by Crippen LogP contribution is -2.37. The van der Waals surface area contributed by atoms with Crippen molar-refractivity contribution >= 4 is 24.9 Å². The first-order chi connectivity index (χ1) is 18.9. The van der Waals surface area contributed by atoms with Gasteiger partial charge >= 0.3 is 13.5 Å². The number of H-pyrrole nitrogens is 2. The second-order valence-corrected chi connectivity index (χ2v) is 10.3. The van der Waals surface area contributed by atoms with E-state index in [9.17, 15) is 44.3 Å². The van der Waals surface area contributed by atoms with E-state index in [4.69, 9.17) is 24.3 Å². The lowest BCUT2D eigenvalue weighted by atomic mass is 10.1. The summed E-state index contributed by atoms with van der Waals surface area (Å²) in [5, 5.41) is 41.2. The van der Waals surface area contributed by atoms with Crippen LogP contribution in [0.5, 0.6) is 0 Å². The predicted octanol–water partition coefficient (Wildman–Crippen LogP) is -4.38. The molecule has 9 N–H and O–H groups in total. The van der Waals surface area contributed by atoms with E-state index in [1.807, 2.05) is 4.98 Å². The van der Waals surface area contributed by atoms with Crippen LogP contribution in [0.4, 0.5) is 5.95 Å². The smallest absolute Gasteiger partial charge is 0.394 e. The standard InChI is InChI=1S/C19H24N7O13P/c20-18-23-14-9(15(32)24-18)21-5-26(14)17-12(31)13(6(3-27)37-17)39-40(34,35)36-4-7-10(29)11(30)16(38-7)25-2-1-8(28)22-19(25)33/h1-2,5-7,10-13,16-17,27,29-31H,3-4H2,(H,34,35)(H,22,28,33)(H3,20,23,24,32)/t6-,7+,10-,11-,12-,13+,16+,17-/m1/s1. The van der Waals surface area contributed by atoms with Crippen LogP contribution in [0.15, 0.2) is 33.0 Å². The zero-order valence-electron chi connectivity index (χ0n) is 20.1. The highest BCUT2D eigenvalue weighted by atomic mass is 31.2. The number of aromatic nitrogens is 6. The zero-order valence-corrected chi connectivity index (χ0v) is 21.0. The van der Waals surface area contributed by atoms with Gasteiger partial charge in [-0.25, -0.2) is 14.3 Å². The predicted molar refractivity (Wildman–Crippen MR) is 127 cm³/mol. The van der Waals surface area contributed by atoms with Crippen LogP contribution in [0, 0.1) is 0 Å². The van der Waals surface area contributed by atoms with E-state index < -0.39 is 86.9 Å². The van der Waals surface area contributed by atoms with Crippen LogP contribution in [-0.2, 0) is 23.1 Å². The minimum absolute atomic E-state index is 0.0758. The molecule has 1 unspecified atom stereocenters. The number of aliphatic hydroxyl groups is 4. The zero-order chi connectivity index (χ0) is 28.9. The number of nitrogen functional groups attached to an aromatic ring is 1. The summed E-state index contributed by atoms with van der Waals surface area (Å²) in [6.07, 6.45) is -10.2. The fourth-order valence-corrected chi connectivity index (χ4v) is 5.40. The van der Waals surface area contributed by atoms with Gasteiger partial charge in [0.05, 0.1) is 19.5 Å². The molecule has 0 aromatic carbocycles. The molecule has 2 saturated heterocycles. The number of imidazole rings is 1. The number of nitrogens with zero attached hydrogens (tertiary/aromatic N) is 4. The Balaban J connectivity index is 1.28. The van der Waals surface area contributed by atoms with Crippen LogP contribution in [-0.4, -0.2) is 104 Å². The van der Waals surface area contributed by atoms with Gasteiger partial charge in [0.2, 0.25) is 5.95 Å². The topological polar surface area (TPSA) is 300 Å². The summed E-state index contributed by atoms with van der Waals surface area (Å²) in [7, 11) is -5.06. The number of phosphoric acid groups is 1. The summed E-state index contributed by atoms with van der Waals surface area (Å²) < 4.78 is 35.6. The van der Waals surface area contributed by atoms with E-state index in [1.54, 1.807) is 0 Å². The molecule has 218 valence electrons. The molecule has 2 fully saturated rings. The number of nitrogens with two attached hydrogens (primary N) is 1. The van der Waals surface area contributed by atoms with Crippen LogP contribution in [0.25, 0.3) is 11.2 Å². The van der Waals surface area contributed by atoms with Crippen molar-refractivity contribution in [2.75, 3.05) is 18.9 Å². The fourth-order valence-electron chi connectivity index (χ4n) is 4.43. The van der Waals surface area contributed by atoms with Gasteiger partial charge in [-0.2, -0.15) is 4.98 Å². The van der Waals surface area contributed by atoms with Crippen LogP contribution < -0.4 is 22.5 Å². The normalized spacial score (nSPS) is 32.0. The van der Waals surface area contributed by atoms with Crippen molar-refractivity contribution < 1.29 is 48.4 Å². The first-order valence-electron chi connectivity index (χ1n) is 11.6. The van der Waals surface area contributed by atoms with Crippen LogP contribution in [0.1, 0.15) is 12.5 Å². The van der Waals surface area contributed by atoms with E-state index >= 15 is 0 Å². The number of anilines is 1. The summed E-state index contributed by atoms with van der Waals surface area (Å²) in [4.78, 5) is 57.7.